The van der Waals surface area contributed by atoms with Crippen LogP contribution in [0.5, 0.6) is 5.75 Å². The number of aryl methyl sites for hydroxylation is 1. The molecule has 0 aromatic heterocycles. The number of rotatable bonds is 4. The smallest absolute Gasteiger partial charge is 0.342 e. The normalized spacial score (nSPS) is 13.4. The van der Waals surface area contributed by atoms with Crippen LogP contribution in [0, 0.1) is 6.92 Å². The molecule has 21 heavy (non-hydrogen) atoms. The number of amides is 3. The average molecular weight is 292 g/mol. The largest absolute Gasteiger partial charge is 0.507 e. The molecule has 0 heterocycles. The Kier molecular flexibility index (Phi) is 4.42. The number of nitrogens with one attached hydrogen (secondary N) is 2. The molecule has 0 atom stereocenters. The molecule has 1 aliphatic carbocycles. The molecule has 7 nitrogen and oxygen atoms in total. The number of benzene rings is 1. The number of esters is 1. The molecule has 3 amide bonds. The van der Waals surface area contributed by atoms with Crippen LogP contribution < -0.4 is 10.6 Å². The van der Waals surface area contributed by atoms with Gasteiger partial charge in [-0.3, -0.25) is 10.1 Å². The summed E-state index contributed by atoms with van der Waals surface area (Å²) in [5.41, 5.74) is 0.759. The fourth-order valence-electron chi connectivity index (χ4n) is 1.63. The van der Waals surface area contributed by atoms with E-state index in [-0.39, 0.29) is 17.4 Å². The van der Waals surface area contributed by atoms with Gasteiger partial charge in [0.2, 0.25) is 0 Å². The lowest BCUT2D eigenvalue weighted by atomic mass is 10.1. The van der Waals surface area contributed by atoms with Gasteiger partial charge in [-0.1, -0.05) is 6.07 Å². The van der Waals surface area contributed by atoms with E-state index in [0.717, 1.165) is 18.4 Å². The van der Waals surface area contributed by atoms with Gasteiger partial charge in [-0.2, -0.15) is 0 Å². The zero-order valence-corrected chi connectivity index (χ0v) is 11.5. The first-order valence-corrected chi connectivity index (χ1v) is 6.53. The number of hydrogen-bond donors (Lipinski definition) is 3. The lowest BCUT2D eigenvalue weighted by Gasteiger charge is -2.08. The third-order valence-electron chi connectivity index (χ3n) is 2.87. The maximum absolute atomic E-state index is 11.7. The van der Waals surface area contributed by atoms with Crippen molar-refractivity contribution in [1.82, 2.24) is 10.6 Å². The summed E-state index contributed by atoms with van der Waals surface area (Å²) in [6, 6.07) is 3.99. The lowest BCUT2D eigenvalue weighted by molar-refractivity contribution is -0.123. The van der Waals surface area contributed by atoms with Gasteiger partial charge in [0, 0.05) is 6.04 Å². The first kappa shape index (κ1) is 14.8. The van der Waals surface area contributed by atoms with Crippen molar-refractivity contribution < 1.29 is 24.2 Å². The predicted octanol–water partition coefficient (Wildman–Crippen LogP) is 0.846. The maximum atomic E-state index is 11.7. The minimum atomic E-state index is -0.828. The number of urea groups is 1. The maximum Gasteiger partial charge on any atom is 0.342 e. The fraction of sp³-hybridized carbons (Fsp3) is 0.357. The first-order chi connectivity index (χ1) is 9.95. The molecule has 0 bridgehead atoms. The van der Waals surface area contributed by atoms with E-state index in [1.807, 2.05) is 0 Å². The van der Waals surface area contributed by atoms with Crippen molar-refractivity contribution in [2.45, 2.75) is 25.8 Å². The second kappa shape index (κ2) is 6.25. The van der Waals surface area contributed by atoms with Crippen molar-refractivity contribution >= 4 is 17.9 Å². The molecule has 112 valence electrons. The van der Waals surface area contributed by atoms with E-state index >= 15 is 0 Å². The highest BCUT2D eigenvalue weighted by Gasteiger charge is 2.24. The Morgan fingerprint density at radius 2 is 2.05 bits per heavy atom. The molecule has 1 fully saturated rings. The third-order valence-corrected chi connectivity index (χ3v) is 2.87. The van der Waals surface area contributed by atoms with Crippen molar-refractivity contribution in [2.24, 2.45) is 0 Å². The van der Waals surface area contributed by atoms with E-state index in [1.165, 1.54) is 12.1 Å². The SMILES string of the molecule is Cc1ccc(C(=O)OCC(=O)NC(=O)NC2CC2)c(O)c1. The summed E-state index contributed by atoms with van der Waals surface area (Å²) in [4.78, 5) is 34.4. The van der Waals surface area contributed by atoms with Crippen LogP contribution in [-0.4, -0.2) is 35.7 Å². The highest BCUT2D eigenvalue weighted by molar-refractivity contribution is 5.97. The van der Waals surface area contributed by atoms with Crippen LogP contribution in [0.1, 0.15) is 28.8 Å². The van der Waals surface area contributed by atoms with E-state index in [2.05, 4.69) is 10.6 Å². The molecule has 0 spiro atoms. The van der Waals surface area contributed by atoms with E-state index in [0.29, 0.717) is 0 Å². The van der Waals surface area contributed by atoms with E-state index < -0.39 is 24.5 Å². The zero-order chi connectivity index (χ0) is 15.4. The van der Waals surface area contributed by atoms with Crippen LogP contribution in [-0.2, 0) is 9.53 Å². The Morgan fingerprint density at radius 1 is 1.33 bits per heavy atom. The molecule has 1 saturated carbocycles. The van der Waals surface area contributed by atoms with Gasteiger partial charge in [-0.15, -0.1) is 0 Å². The van der Waals surface area contributed by atoms with Crippen molar-refractivity contribution in [3.63, 3.8) is 0 Å². The molecule has 7 heteroatoms. The number of carbonyl (C=O) groups excluding carboxylic acids is 3. The molecule has 1 aromatic rings. The predicted molar refractivity (Wildman–Crippen MR) is 72.8 cm³/mol. The Morgan fingerprint density at radius 3 is 2.67 bits per heavy atom. The van der Waals surface area contributed by atoms with Crippen molar-refractivity contribution in [2.75, 3.05) is 6.61 Å². The summed E-state index contributed by atoms with van der Waals surface area (Å²) in [6.45, 7) is 1.17. The van der Waals surface area contributed by atoms with Crippen LogP contribution in [0.25, 0.3) is 0 Å². The van der Waals surface area contributed by atoms with Crippen molar-refractivity contribution in [3.05, 3.63) is 29.3 Å². The van der Waals surface area contributed by atoms with Gasteiger partial charge in [0.15, 0.2) is 6.61 Å². The summed E-state index contributed by atoms with van der Waals surface area (Å²) in [7, 11) is 0. The number of phenols is 1. The molecule has 0 aliphatic heterocycles. The molecule has 0 saturated heterocycles. The van der Waals surface area contributed by atoms with Gasteiger partial charge in [0.1, 0.15) is 11.3 Å². The number of phenolic OH excluding ortho intramolecular Hbond substituents is 1. The molecule has 0 radical (unpaired) electrons. The Hall–Kier alpha value is -2.57. The Labute approximate surface area is 121 Å². The first-order valence-electron chi connectivity index (χ1n) is 6.53. The van der Waals surface area contributed by atoms with Gasteiger partial charge < -0.3 is 15.2 Å². The van der Waals surface area contributed by atoms with Crippen LogP contribution in [0.4, 0.5) is 4.79 Å². The summed E-state index contributed by atoms with van der Waals surface area (Å²) in [5.74, 6) is -1.77. The van der Waals surface area contributed by atoms with Gasteiger partial charge in [-0.25, -0.2) is 9.59 Å². The zero-order valence-electron chi connectivity index (χ0n) is 11.5. The topological polar surface area (TPSA) is 105 Å². The fourth-order valence-corrected chi connectivity index (χ4v) is 1.63. The minimum Gasteiger partial charge on any atom is -0.507 e. The third kappa shape index (κ3) is 4.48. The summed E-state index contributed by atoms with van der Waals surface area (Å²) in [5, 5.41) is 14.2. The second-order valence-corrected chi connectivity index (χ2v) is 4.89. The summed E-state index contributed by atoms with van der Waals surface area (Å²) < 4.78 is 4.74. The average Bonchev–Trinajstić information content (AvgIpc) is 3.19. The van der Waals surface area contributed by atoms with Gasteiger partial charge in [0.25, 0.3) is 5.91 Å². The van der Waals surface area contributed by atoms with E-state index in [4.69, 9.17) is 4.74 Å². The van der Waals surface area contributed by atoms with Gasteiger partial charge in [-0.05, 0) is 37.5 Å². The van der Waals surface area contributed by atoms with Gasteiger partial charge >= 0.3 is 12.0 Å². The van der Waals surface area contributed by atoms with Crippen LogP contribution >= 0.6 is 0 Å². The standard InChI is InChI=1S/C14H16N2O5/c1-8-2-5-10(11(17)6-8)13(19)21-7-12(18)16-14(20)15-9-3-4-9/h2,5-6,9,17H,3-4,7H2,1H3,(H2,15,16,18,20). The molecular weight excluding hydrogens is 276 g/mol. The van der Waals surface area contributed by atoms with E-state index in [9.17, 15) is 19.5 Å². The molecule has 1 aliphatic rings. The van der Waals surface area contributed by atoms with Crippen LogP contribution in [0.3, 0.4) is 0 Å². The summed E-state index contributed by atoms with van der Waals surface area (Å²) >= 11 is 0. The number of ether oxygens (including phenoxy) is 1. The van der Waals surface area contributed by atoms with Crippen LogP contribution in [0.15, 0.2) is 18.2 Å². The molecule has 1 aromatic carbocycles. The van der Waals surface area contributed by atoms with Crippen molar-refractivity contribution in [3.8, 4) is 5.75 Å². The number of imide groups is 1. The molecular formula is C14H16N2O5. The molecule has 0 unspecified atom stereocenters. The quantitative estimate of drug-likeness (QED) is 0.713. The van der Waals surface area contributed by atoms with Crippen LogP contribution in [0.2, 0.25) is 0 Å². The number of carbonyl (C=O) groups is 3. The summed E-state index contributed by atoms with van der Waals surface area (Å²) in [6.07, 6.45) is 1.81. The number of aromatic hydroxyl groups is 1. The van der Waals surface area contributed by atoms with Crippen molar-refractivity contribution in [1.29, 1.82) is 0 Å². The Balaban J connectivity index is 1.79. The lowest BCUT2D eigenvalue weighted by Crippen LogP contribution is -2.42. The second-order valence-electron chi connectivity index (χ2n) is 4.89. The highest BCUT2D eigenvalue weighted by Crippen LogP contribution is 2.19. The van der Waals surface area contributed by atoms with Gasteiger partial charge in [0.05, 0.1) is 0 Å². The Bertz CT molecular complexity index is 581. The molecule has 2 rings (SSSR count). The highest BCUT2D eigenvalue weighted by atomic mass is 16.5. The minimum absolute atomic E-state index is 0.0316. The molecule has 3 N–H and O–H groups in total. The van der Waals surface area contributed by atoms with E-state index in [1.54, 1.807) is 13.0 Å². The number of hydrogen-bond acceptors (Lipinski definition) is 5. The monoisotopic (exact) mass is 292 g/mol.